The number of fused-ring (bicyclic) bond motifs is 1. The van der Waals surface area contributed by atoms with Crippen LogP contribution in [0.2, 0.25) is 0 Å². The molecule has 0 saturated carbocycles. The van der Waals surface area contributed by atoms with Crippen molar-refractivity contribution < 1.29 is 10.2 Å². The molecule has 0 aliphatic heterocycles. The Bertz CT molecular complexity index is 991. The van der Waals surface area contributed by atoms with Crippen molar-refractivity contribution in [3.8, 4) is 5.75 Å². The summed E-state index contributed by atoms with van der Waals surface area (Å²) in [6.07, 6.45) is 4.99. The molecule has 3 aromatic rings. The average Bonchev–Trinajstić information content (AvgIpc) is 3.02. The van der Waals surface area contributed by atoms with E-state index in [4.69, 9.17) is 0 Å². The molecular weight excluding hydrogens is 328 g/mol. The molecule has 124 valence electrons. The third kappa shape index (κ3) is 2.81. The molecule has 3 heterocycles. The van der Waals surface area contributed by atoms with Crippen LogP contribution in [0.3, 0.4) is 0 Å². The number of hydrogen-bond acceptors (Lipinski definition) is 7. The Hall–Kier alpha value is -2.58. The summed E-state index contributed by atoms with van der Waals surface area (Å²) in [5.74, 6) is -0.0730. The molecule has 2 N–H and O–H groups in total. The van der Waals surface area contributed by atoms with E-state index >= 15 is 0 Å². The fourth-order valence-electron chi connectivity index (χ4n) is 2.26. The molecule has 0 aliphatic rings. The van der Waals surface area contributed by atoms with E-state index in [1.165, 1.54) is 30.1 Å². The van der Waals surface area contributed by atoms with Crippen molar-refractivity contribution in [1.82, 2.24) is 14.6 Å². The third-order valence-corrected chi connectivity index (χ3v) is 4.86. The molecule has 0 unspecified atom stereocenters. The first kappa shape index (κ1) is 16.3. The van der Waals surface area contributed by atoms with E-state index in [0.717, 1.165) is 16.0 Å². The summed E-state index contributed by atoms with van der Waals surface area (Å²) in [7, 11) is 0. The lowest BCUT2D eigenvalue weighted by Crippen LogP contribution is -2.16. The van der Waals surface area contributed by atoms with Crippen molar-refractivity contribution in [2.45, 2.75) is 26.9 Å². The lowest BCUT2D eigenvalue weighted by Gasteiger charge is -2.07. The quantitative estimate of drug-likeness (QED) is 0.703. The molecule has 0 bridgehead atoms. The van der Waals surface area contributed by atoms with Crippen molar-refractivity contribution in [2.24, 2.45) is 5.10 Å². The fourth-order valence-corrected chi connectivity index (χ4v) is 3.19. The maximum absolute atomic E-state index is 12.5. The second-order valence-corrected chi connectivity index (χ2v) is 6.33. The topological polar surface area (TPSA) is 101 Å². The average molecular weight is 344 g/mol. The summed E-state index contributed by atoms with van der Waals surface area (Å²) < 4.78 is 1.12. The zero-order chi connectivity index (χ0) is 17.3. The molecule has 8 heteroatoms. The number of aliphatic hydroxyl groups is 1. The lowest BCUT2D eigenvalue weighted by molar-refractivity contribution is 0.280. The van der Waals surface area contributed by atoms with Crippen molar-refractivity contribution in [3.63, 3.8) is 0 Å². The van der Waals surface area contributed by atoms with E-state index in [1.807, 2.05) is 13.0 Å². The normalized spacial score (nSPS) is 11.6. The van der Waals surface area contributed by atoms with Crippen molar-refractivity contribution >= 4 is 27.8 Å². The Balaban J connectivity index is 2.07. The highest BCUT2D eigenvalue weighted by Gasteiger charge is 2.11. The zero-order valence-corrected chi connectivity index (χ0v) is 14.0. The van der Waals surface area contributed by atoms with Crippen LogP contribution in [0, 0.1) is 6.92 Å². The van der Waals surface area contributed by atoms with Gasteiger partial charge < -0.3 is 10.2 Å². The first-order chi connectivity index (χ1) is 11.5. The number of aliphatic hydroxyl groups excluding tert-OH is 1. The molecule has 0 spiro atoms. The third-order valence-electron chi connectivity index (χ3n) is 3.67. The van der Waals surface area contributed by atoms with Gasteiger partial charge in [0.2, 0.25) is 0 Å². The number of pyridine rings is 1. The molecule has 0 aromatic carbocycles. The Labute approximate surface area is 141 Å². The molecular formula is C16H16N4O3S. The number of aromatic hydroxyl groups is 1. The number of hydrogen-bond donors (Lipinski definition) is 2. The predicted octanol–water partition coefficient (Wildman–Crippen LogP) is 1.80. The van der Waals surface area contributed by atoms with Crippen LogP contribution in [-0.4, -0.2) is 31.1 Å². The van der Waals surface area contributed by atoms with Gasteiger partial charge in [0.15, 0.2) is 0 Å². The lowest BCUT2D eigenvalue weighted by atomic mass is 10.1. The maximum Gasteiger partial charge on any atom is 0.282 e. The van der Waals surface area contributed by atoms with Crippen LogP contribution in [0.1, 0.15) is 28.6 Å². The molecule has 0 saturated heterocycles. The van der Waals surface area contributed by atoms with Crippen LogP contribution < -0.4 is 5.56 Å². The number of rotatable bonds is 4. The Kier molecular flexibility index (Phi) is 4.41. The van der Waals surface area contributed by atoms with Gasteiger partial charge in [-0.1, -0.05) is 6.92 Å². The summed E-state index contributed by atoms with van der Waals surface area (Å²) in [4.78, 5) is 22.5. The first-order valence-corrected chi connectivity index (χ1v) is 8.19. The number of nitrogens with zero attached hydrogens (tertiary/aromatic N) is 4. The van der Waals surface area contributed by atoms with E-state index in [-0.39, 0.29) is 17.9 Å². The summed E-state index contributed by atoms with van der Waals surface area (Å²) in [5.41, 5.74) is 0.896. The molecule has 0 aliphatic carbocycles. The van der Waals surface area contributed by atoms with E-state index in [2.05, 4.69) is 15.1 Å². The van der Waals surface area contributed by atoms with Crippen LogP contribution in [0.5, 0.6) is 5.75 Å². The molecule has 7 nitrogen and oxygen atoms in total. The van der Waals surface area contributed by atoms with Crippen molar-refractivity contribution in [3.05, 3.63) is 50.6 Å². The Morgan fingerprint density at radius 2 is 2.21 bits per heavy atom. The highest BCUT2D eigenvalue weighted by atomic mass is 32.1. The molecule has 3 aromatic heterocycles. The second kappa shape index (κ2) is 6.50. The molecule has 0 atom stereocenters. The summed E-state index contributed by atoms with van der Waals surface area (Å²) in [6, 6.07) is 1.83. The first-order valence-electron chi connectivity index (χ1n) is 7.37. The van der Waals surface area contributed by atoms with Gasteiger partial charge in [0.25, 0.3) is 5.56 Å². The molecule has 0 amide bonds. The molecule has 24 heavy (non-hydrogen) atoms. The minimum atomic E-state index is -0.293. The summed E-state index contributed by atoms with van der Waals surface area (Å²) in [5, 5.41) is 24.1. The SMILES string of the molecule is CCc1cc2c(=O)n(/N=C/c3c(CO)cnc(C)c3O)cnc2s1. The summed E-state index contributed by atoms with van der Waals surface area (Å²) in [6.45, 7) is 3.37. The van der Waals surface area contributed by atoms with Gasteiger partial charge in [0.05, 0.1) is 23.9 Å². The van der Waals surface area contributed by atoms with Gasteiger partial charge in [-0.2, -0.15) is 9.78 Å². The molecule has 3 rings (SSSR count). The monoisotopic (exact) mass is 344 g/mol. The predicted molar refractivity (Wildman–Crippen MR) is 92.8 cm³/mol. The van der Waals surface area contributed by atoms with Crippen molar-refractivity contribution in [2.75, 3.05) is 0 Å². The molecule has 0 fully saturated rings. The number of thiophene rings is 1. The maximum atomic E-state index is 12.5. The van der Waals surface area contributed by atoms with Gasteiger partial charge in [-0.15, -0.1) is 11.3 Å². The van der Waals surface area contributed by atoms with Gasteiger partial charge in [0, 0.05) is 22.2 Å². The van der Waals surface area contributed by atoms with E-state index in [1.54, 1.807) is 6.92 Å². The van der Waals surface area contributed by atoms with Gasteiger partial charge >= 0.3 is 0 Å². The Morgan fingerprint density at radius 1 is 1.42 bits per heavy atom. The van der Waals surface area contributed by atoms with Crippen LogP contribution in [0.15, 0.2) is 28.5 Å². The van der Waals surface area contributed by atoms with Gasteiger partial charge in [0.1, 0.15) is 16.9 Å². The largest absolute Gasteiger partial charge is 0.505 e. The van der Waals surface area contributed by atoms with Crippen molar-refractivity contribution in [1.29, 1.82) is 0 Å². The van der Waals surface area contributed by atoms with E-state index in [9.17, 15) is 15.0 Å². The standard InChI is InChI=1S/C16H16N4O3S/c1-3-11-4-12-15(24-11)18-8-20(16(12)23)19-6-13-10(7-21)5-17-9(2)14(13)22/h4-6,8,21-22H,3,7H2,1-2H3/b19-6+. The van der Waals surface area contributed by atoms with Gasteiger partial charge in [-0.25, -0.2) is 4.98 Å². The van der Waals surface area contributed by atoms with Gasteiger partial charge in [-0.3, -0.25) is 9.78 Å². The van der Waals surface area contributed by atoms with Crippen LogP contribution in [0.25, 0.3) is 10.2 Å². The van der Waals surface area contributed by atoms with E-state index < -0.39 is 0 Å². The number of aryl methyl sites for hydroxylation is 2. The fraction of sp³-hybridized carbons (Fsp3) is 0.250. The molecule has 0 radical (unpaired) electrons. The summed E-state index contributed by atoms with van der Waals surface area (Å²) >= 11 is 1.49. The smallest absolute Gasteiger partial charge is 0.282 e. The zero-order valence-electron chi connectivity index (χ0n) is 13.2. The van der Waals surface area contributed by atoms with E-state index in [0.29, 0.717) is 27.0 Å². The minimum Gasteiger partial charge on any atom is -0.505 e. The van der Waals surface area contributed by atoms with Crippen LogP contribution >= 0.6 is 11.3 Å². The second-order valence-electron chi connectivity index (χ2n) is 5.21. The Morgan fingerprint density at radius 3 is 2.92 bits per heavy atom. The minimum absolute atomic E-state index is 0.0730. The highest BCUT2D eigenvalue weighted by molar-refractivity contribution is 7.18. The van der Waals surface area contributed by atoms with Crippen LogP contribution in [-0.2, 0) is 13.0 Å². The van der Waals surface area contributed by atoms with Gasteiger partial charge in [-0.05, 0) is 19.4 Å². The van der Waals surface area contributed by atoms with Crippen LogP contribution in [0.4, 0.5) is 0 Å². The number of aromatic nitrogens is 3. The highest BCUT2D eigenvalue weighted by Crippen LogP contribution is 2.22.